The average molecular weight is 392 g/mol. The molecule has 1 N–H and O–H groups in total. The Hall–Kier alpha value is -1.76. The molecular formula is C28H41N. The molecule has 0 unspecified atom stereocenters. The summed E-state index contributed by atoms with van der Waals surface area (Å²) in [4.78, 5) is 3.89. The molecular weight excluding hydrogens is 350 g/mol. The van der Waals surface area contributed by atoms with Gasteiger partial charge in [0.2, 0.25) is 0 Å². The van der Waals surface area contributed by atoms with Gasteiger partial charge in [0.05, 0.1) is 11.0 Å². The van der Waals surface area contributed by atoms with Crippen LogP contribution < -0.4 is 0 Å². The zero-order valence-corrected chi connectivity index (χ0v) is 20.8. The summed E-state index contributed by atoms with van der Waals surface area (Å²) in [5.74, 6) is 0. The van der Waals surface area contributed by atoms with Crippen molar-refractivity contribution in [1.29, 1.82) is 0 Å². The molecule has 0 atom stereocenters. The van der Waals surface area contributed by atoms with Crippen LogP contribution >= 0.6 is 0 Å². The molecule has 0 aliphatic carbocycles. The predicted octanol–water partition coefficient (Wildman–Crippen LogP) is 8.51. The van der Waals surface area contributed by atoms with Crippen LogP contribution in [-0.4, -0.2) is 4.98 Å². The van der Waals surface area contributed by atoms with Crippen molar-refractivity contribution in [2.24, 2.45) is 0 Å². The van der Waals surface area contributed by atoms with Crippen molar-refractivity contribution >= 4 is 21.8 Å². The molecule has 0 aliphatic heterocycles. The van der Waals surface area contributed by atoms with Gasteiger partial charge in [-0.25, -0.2) is 0 Å². The van der Waals surface area contributed by atoms with Crippen molar-refractivity contribution in [3.8, 4) is 0 Å². The molecule has 0 spiro atoms. The quantitative estimate of drug-likeness (QED) is 0.395. The molecule has 0 amide bonds. The fourth-order valence-corrected chi connectivity index (χ4v) is 4.15. The maximum absolute atomic E-state index is 3.89. The summed E-state index contributed by atoms with van der Waals surface area (Å²) in [6.45, 7) is 27.8. The number of benzene rings is 2. The van der Waals surface area contributed by atoms with Crippen molar-refractivity contribution in [3.05, 3.63) is 46.5 Å². The van der Waals surface area contributed by atoms with Crippen LogP contribution in [0.15, 0.2) is 24.3 Å². The Morgan fingerprint density at radius 1 is 0.448 bits per heavy atom. The molecule has 1 nitrogen and oxygen atoms in total. The normalized spacial score (nSPS) is 14.2. The second kappa shape index (κ2) is 6.37. The molecule has 158 valence electrons. The predicted molar refractivity (Wildman–Crippen MR) is 131 cm³/mol. The van der Waals surface area contributed by atoms with E-state index in [1.54, 1.807) is 0 Å². The molecule has 1 heteroatoms. The minimum absolute atomic E-state index is 0.0785. The lowest BCUT2D eigenvalue weighted by Crippen LogP contribution is -2.16. The molecule has 0 saturated heterocycles. The first-order valence-corrected chi connectivity index (χ1v) is 11.1. The maximum atomic E-state index is 3.89. The molecule has 0 bridgehead atoms. The number of aromatic amines is 1. The van der Waals surface area contributed by atoms with Crippen LogP contribution in [0.2, 0.25) is 0 Å². The fraction of sp³-hybridized carbons (Fsp3) is 0.571. The van der Waals surface area contributed by atoms with E-state index in [2.05, 4.69) is 112 Å². The first-order valence-electron chi connectivity index (χ1n) is 11.1. The van der Waals surface area contributed by atoms with Crippen molar-refractivity contribution < 1.29 is 0 Å². The molecule has 29 heavy (non-hydrogen) atoms. The van der Waals surface area contributed by atoms with E-state index in [1.165, 1.54) is 44.1 Å². The number of aromatic nitrogens is 1. The van der Waals surface area contributed by atoms with Crippen LogP contribution in [0.4, 0.5) is 0 Å². The van der Waals surface area contributed by atoms with Crippen molar-refractivity contribution in [3.63, 3.8) is 0 Å². The highest BCUT2D eigenvalue weighted by Gasteiger charge is 2.28. The Balaban J connectivity index is 2.58. The standard InChI is InChI=1S/C28H41N/c1-25(2,3)17-13-19-20-14-18(26(4,5)6)16-22(28(10,11)12)24(20)29-23(19)21(15-17)27(7,8)9/h13-16,29H,1-12H3. The monoisotopic (exact) mass is 391 g/mol. The van der Waals surface area contributed by atoms with Gasteiger partial charge < -0.3 is 4.98 Å². The third-order valence-corrected chi connectivity index (χ3v) is 6.16. The summed E-state index contributed by atoms with van der Waals surface area (Å²) < 4.78 is 0. The highest BCUT2D eigenvalue weighted by atomic mass is 14.7. The fourth-order valence-electron chi connectivity index (χ4n) is 4.15. The van der Waals surface area contributed by atoms with E-state index in [0.29, 0.717) is 0 Å². The van der Waals surface area contributed by atoms with Gasteiger partial charge in [0.15, 0.2) is 0 Å². The number of fused-ring (bicyclic) bond motifs is 3. The van der Waals surface area contributed by atoms with Crippen LogP contribution in [0.1, 0.15) is 105 Å². The second-order valence-electron chi connectivity index (χ2n) is 13.0. The Kier molecular flexibility index (Phi) is 4.82. The first-order chi connectivity index (χ1) is 12.9. The Labute approximate surface area is 178 Å². The molecule has 0 radical (unpaired) electrons. The zero-order valence-electron chi connectivity index (χ0n) is 20.8. The largest absolute Gasteiger partial charge is 0.354 e. The summed E-state index contributed by atoms with van der Waals surface area (Å²) in [6.07, 6.45) is 0. The van der Waals surface area contributed by atoms with Gasteiger partial charge >= 0.3 is 0 Å². The molecule has 0 aliphatic rings. The SMILES string of the molecule is CC(C)(C)c1cc(C(C)(C)C)c2[nH]c3c(C(C)(C)C)cc(C(C)(C)C)cc3c2c1. The van der Waals surface area contributed by atoms with E-state index in [9.17, 15) is 0 Å². The Morgan fingerprint density at radius 2 is 0.759 bits per heavy atom. The van der Waals surface area contributed by atoms with Crippen LogP contribution in [0.25, 0.3) is 21.8 Å². The van der Waals surface area contributed by atoms with Gasteiger partial charge in [0.25, 0.3) is 0 Å². The third-order valence-electron chi connectivity index (χ3n) is 6.16. The molecule has 1 heterocycles. The number of nitrogens with one attached hydrogen (secondary N) is 1. The maximum Gasteiger partial charge on any atom is 0.0503 e. The third kappa shape index (κ3) is 3.98. The van der Waals surface area contributed by atoms with E-state index in [1.807, 2.05) is 0 Å². The zero-order chi connectivity index (χ0) is 22.2. The Morgan fingerprint density at radius 3 is 1.00 bits per heavy atom. The van der Waals surface area contributed by atoms with E-state index in [-0.39, 0.29) is 21.7 Å². The van der Waals surface area contributed by atoms with Gasteiger partial charge in [-0.05, 0) is 56.0 Å². The number of hydrogen-bond donors (Lipinski definition) is 1. The number of H-pyrrole nitrogens is 1. The summed E-state index contributed by atoms with van der Waals surface area (Å²) in [7, 11) is 0. The lowest BCUT2D eigenvalue weighted by atomic mass is 9.78. The number of hydrogen-bond acceptors (Lipinski definition) is 0. The smallest absolute Gasteiger partial charge is 0.0503 e. The summed E-state index contributed by atoms with van der Waals surface area (Å²) in [5, 5.41) is 2.74. The highest BCUT2D eigenvalue weighted by Crippen LogP contribution is 2.42. The molecule has 0 saturated carbocycles. The van der Waals surface area contributed by atoms with E-state index >= 15 is 0 Å². The van der Waals surface area contributed by atoms with Crippen LogP contribution in [0.3, 0.4) is 0 Å². The summed E-state index contributed by atoms with van der Waals surface area (Å²) in [6, 6.07) is 9.73. The molecule has 2 aromatic carbocycles. The molecule has 3 rings (SSSR count). The van der Waals surface area contributed by atoms with Crippen molar-refractivity contribution in [2.45, 2.75) is 105 Å². The lowest BCUT2D eigenvalue weighted by molar-refractivity contribution is 0.572. The topological polar surface area (TPSA) is 15.8 Å². The van der Waals surface area contributed by atoms with E-state index in [0.717, 1.165) is 0 Å². The van der Waals surface area contributed by atoms with Crippen LogP contribution in [0, 0.1) is 0 Å². The average Bonchev–Trinajstić information content (AvgIpc) is 2.87. The Bertz CT molecular complexity index is 978. The van der Waals surface area contributed by atoms with E-state index in [4.69, 9.17) is 0 Å². The van der Waals surface area contributed by atoms with Gasteiger partial charge in [-0.15, -0.1) is 0 Å². The second-order valence-corrected chi connectivity index (χ2v) is 13.0. The minimum atomic E-state index is 0.0785. The van der Waals surface area contributed by atoms with Gasteiger partial charge in [-0.3, -0.25) is 0 Å². The van der Waals surface area contributed by atoms with E-state index < -0.39 is 0 Å². The van der Waals surface area contributed by atoms with Crippen LogP contribution in [-0.2, 0) is 21.7 Å². The van der Waals surface area contributed by atoms with Gasteiger partial charge in [-0.1, -0.05) is 95.2 Å². The molecule has 3 aromatic rings. The summed E-state index contributed by atoms with van der Waals surface area (Å²) in [5.41, 5.74) is 8.64. The number of rotatable bonds is 0. The van der Waals surface area contributed by atoms with Crippen LogP contribution in [0.5, 0.6) is 0 Å². The van der Waals surface area contributed by atoms with Gasteiger partial charge in [0.1, 0.15) is 0 Å². The molecule has 1 aromatic heterocycles. The summed E-state index contributed by atoms with van der Waals surface area (Å²) >= 11 is 0. The lowest BCUT2D eigenvalue weighted by Gasteiger charge is -2.26. The van der Waals surface area contributed by atoms with Crippen molar-refractivity contribution in [2.75, 3.05) is 0 Å². The molecule has 0 fully saturated rings. The minimum Gasteiger partial charge on any atom is -0.354 e. The van der Waals surface area contributed by atoms with Gasteiger partial charge in [0, 0.05) is 10.8 Å². The first kappa shape index (κ1) is 21.9. The van der Waals surface area contributed by atoms with Gasteiger partial charge in [-0.2, -0.15) is 0 Å². The highest BCUT2D eigenvalue weighted by molar-refractivity contribution is 6.10. The van der Waals surface area contributed by atoms with Crippen molar-refractivity contribution in [1.82, 2.24) is 4.98 Å².